The molecule has 0 spiro atoms. The number of nitrogens with zero attached hydrogens (tertiary/aromatic N) is 2. The van der Waals surface area contributed by atoms with Crippen LogP contribution in [-0.2, 0) is 4.74 Å². The second-order valence-corrected chi connectivity index (χ2v) is 6.52. The van der Waals surface area contributed by atoms with E-state index in [0.717, 1.165) is 30.0 Å². The molecule has 2 rings (SSSR count). The van der Waals surface area contributed by atoms with Crippen molar-refractivity contribution in [3.05, 3.63) is 36.4 Å². The summed E-state index contributed by atoms with van der Waals surface area (Å²) in [5, 5.41) is 0. The molecular weight excluding hydrogens is 278 g/mol. The first kappa shape index (κ1) is 16.2. The van der Waals surface area contributed by atoms with E-state index in [-0.39, 0.29) is 6.09 Å². The number of carbonyl (C=O) groups is 1. The van der Waals surface area contributed by atoms with Crippen LogP contribution in [0.2, 0.25) is 0 Å². The van der Waals surface area contributed by atoms with E-state index in [1.165, 1.54) is 0 Å². The maximum atomic E-state index is 12.0. The number of rotatable bonds is 2. The minimum Gasteiger partial charge on any atom is -0.444 e. The predicted octanol–water partition coefficient (Wildman–Crippen LogP) is 2.79. The maximum Gasteiger partial charge on any atom is 0.410 e. The number of hydrogen-bond acceptors (Lipinski definition) is 4. The number of carbonyl (C=O) groups excluding carboxylic acids is 1. The number of nitrogens with two attached hydrogens (primary N) is 1. The summed E-state index contributed by atoms with van der Waals surface area (Å²) in [6.07, 6.45) is -0.245. The smallest absolute Gasteiger partial charge is 0.410 e. The normalized spacial score (nSPS) is 15.6. The summed E-state index contributed by atoms with van der Waals surface area (Å²) in [4.78, 5) is 16.0. The molecule has 0 aromatic heterocycles. The van der Waals surface area contributed by atoms with Crippen molar-refractivity contribution in [1.82, 2.24) is 9.80 Å². The first-order valence-corrected chi connectivity index (χ1v) is 7.54. The number of anilines is 1. The van der Waals surface area contributed by atoms with E-state index in [4.69, 9.17) is 10.5 Å². The third-order valence-corrected chi connectivity index (χ3v) is 3.56. The van der Waals surface area contributed by atoms with Gasteiger partial charge >= 0.3 is 6.09 Å². The van der Waals surface area contributed by atoms with Crippen molar-refractivity contribution in [2.24, 2.45) is 0 Å². The van der Waals surface area contributed by atoms with Crippen molar-refractivity contribution >= 4 is 17.5 Å². The first-order valence-electron chi connectivity index (χ1n) is 7.54. The van der Waals surface area contributed by atoms with Crippen molar-refractivity contribution in [1.29, 1.82) is 0 Å². The minimum atomic E-state index is -0.457. The van der Waals surface area contributed by atoms with Crippen LogP contribution in [0.3, 0.4) is 0 Å². The molecule has 0 bridgehead atoms. The molecule has 0 radical (unpaired) electrons. The molecule has 5 heteroatoms. The van der Waals surface area contributed by atoms with Crippen LogP contribution in [0.1, 0.15) is 26.3 Å². The highest BCUT2D eigenvalue weighted by atomic mass is 16.6. The molecule has 120 valence electrons. The zero-order chi connectivity index (χ0) is 16.3. The van der Waals surface area contributed by atoms with Gasteiger partial charge in [0.05, 0.1) is 0 Å². The molecule has 0 aliphatic carbocycles. The van der Waals surface area contributed by atoms with Gasteiger partial charge in [-0.1, -0.05) is 18.7 Å². The first-order chi connectivity index (χ1) is 10.3. The minimum absolute atomic E-state index is 0.245. The Morgan fingerprint density at radius 3 is 2.09 bits per heavy atom. The third kappa shape index (κ3) is 4.16. The van der Waals surface area contributed by atoms with Gasteiger partial charge in [0.1, 0.15) is 5.60 Å². The van der Waals surface area contributed by atoms with Crippen LogP contribution in [0.25, 0.3) is 5.70 Å². The van der Waals surface area contributed by atoms with E-state index in [2.05, 4.69) is 11.5 Å². The monoisotopic (exact) mass is 303 g/mol. The molecule has 2 N–H and O–H groups in total. The van der Waals surface area contributed by atoms with E-state index < -0.39 is 5.60 Å². The molecule has 22 heavy (non-hydrogen) atoms. The Balaban J connectivity index is 1.90. The predicted molar refractivity (Wildman–Crippen MR) is 89.3 cm³/mol. The summed E-state index contributed by atoms with van der Waals surface area (Å²) in [5.41, 5.74) is 8.01. The van der Waals surface area contributed by atoms with Gasteiger partial charge in [0.15, 0.2) is 0 Å². The number of amides is 1. The molecule has 0 saturated carbocycles. The second kappa shape index (κ2) is 6.30. The molecule has 0 atom stereocenters. The van der Waals surface area contributed by atoms with Crippen molar-refractivity contribution in [3.63, 3.8) is 0 Å². The van der Waals surface area contributed by atoms with Crippen LogP contribution in [0.5, 0.6) is 0 Å². The zero-order valence-electron chi connectivity index (χ0n) is 13.6. The molecule has 1 aromatic carbocycles. The van der Waals surface area contributed by atoms with Crippen LogP contribution in [0.15, 0.2) is 30.8 Å². The van der Waals surface area contributed by atoms with Crippen molar-refractivity contribution in [2.45, 2.75) is 26.4 Å². The van der Waals surface area contributed by atoms with Crippen molar-refractivity contribution in [3.8, 4) is 0 Å². The number of nitrogen functional groups attached to an aromatic ring is 1. The van der Waals surface area contributed by atoms with E-state index in [1.807, 2.05) is 45.0 Å². The molecule has 1 saturated heterocycles. The van der Waals surface area contributed by atoms with Gasteiger partial charge in [-0.15, -0.1) is 0 Å². The molecule has 1 aliphatic heterocycles. The summed E-state index contributed by atoms with van der Waals surface area (Å²) in [6, 6.07) is 7.69. The molecule has 1 aromatic rings. The van der Waals surface area contributed by atoms with Gasteiger partial charge in [0, 0.05) is 37.6 Å². The van der Waals surface area contributed by atoms with Gasteiger partial charge in [-0.25, -0.2) is 4.79 Å². The van der Waals surface area contributed by atoms with Crippen LogP contribution in [0.4, 0.5) is 10.5 Å². The summed E-state index contributed by atoms with van der Waals surface area (Å²) >= 11 is 0. The Hall–Kier alpha value is -2.17. The average molecular weight is 303 g/mol. The molecule has 0 unspecified atom stereocenters. The van der Waals surface area contributed by atoms with Gasteiger partial charge < -0.3 is 20.3 Å². The number of hydrogen-bond donors (Lipinski definition) is 1. The zero-order valence-corrected chi connectivity index (χ0v) is 13.6. The number of ether oxygens (including phenoxy) is 1. The SMILES string of the molecule is C=C(c1ccc(N)cc1)N1CCN(C(=O)OC(C)(C)C)CC1. The summed E-state index contributed by atoms with van der Waals surface area (Å²) in [7, 11) is 0. The van der Waals surface area contributed by atoms with Crippen LogP contribution in [-0.4, -0.2) is 47.7 Å². The van der Waals surface area contributed by atoms with Gasteiger partial charge in [0.25, 0.3) is 0 Å². The van der Waals surface area contributed by atoms with Gasteiger partial charge in [-0.05, 0) is 38.5 Å². The summed E-state index contributed by atoms with van der Waals surface area (Å²) in [5.74, 6) is 0. The lowest BCUT2D eigenvalue weighted by Crippen LogP contribution is -2.49. The van der Waals surface area contributed by atoms with Crippen LogP contribution in [0, 0.1) is 0 Å². The van der Waals surface area contributed by atoms with Gasteiger partial charge in [0.2, 0.25) is 0 Å². The summed E-state index contributed by atoms with van der Waals surface area (Å²) in [6.45, 7) is 12.6. The average Bonchev–Trinajstić information content (AvgIpc) is 2.46. The lowest BCUT2D eigenvalue weighted by molar-refractivity contribution is 0.0182. The molecule has 1 amide bonds. The van der Waals surface area contributed by atoms with E-state index in [1.54, 1.807) is 4.90 Å². The fraction of sp³-hybridized carbons (Fsp3) is 0.471. The fourth-order valence-corrected chi connectivity index (χ4v) is 2.34. The Morgan fingerprint density at radius 2 is 1.59 bits per heavy atom. The van der Waals surface area contributed by atoms with Crippen LogP contribution >= 0.6 is 0 Å². The largest absolute Gasteiger partial charge is 0.444 e. The van der Waals surface area contributed by atoms with E-state index in [9.17, 15) is 4.79 Å². The maximum absolute atomic E-state index is 12.0. The Morgan fingerprint density at radius 1 is 1.09 bits per heavy atom. The molecule has 1 fully saturated rings. The van der Waals surface area contributed by atoms with E-state index >= 15 is 0 Å². The molecule has 5 nitrogen and oxygen atoms in total. The molecule has 1 aliphatic rings. The standard InChI is InChI=1S/C17H25N3O2/c1-13(14-5-7-15(18)8-6-14)19-9-11-20(12-10-19)16(21)22-17(2,3)4/h5-8H,1,9-12,18H2,2-4H3. The number of piperazine rings is 1. The second-order valence-electron chi connectivity index (χ2n) is 6.52. The highest BCUT2D eigenvalue weighted by Crippen LogP contribution is 2.21. The molecule has 1 heterocycles. The molecular formula is C17H25N3O2. The topological polar surface area (TPSA) is 58.8 Å². The highest BCUT2D eigenvalue weighted by Gasteiger charge is 2.26. The Labute approximate surface area is 132 Å². The summed E-state index contributed by atoms with van der Waals surface area (Å²) < 4.78 is 5.40. The van der Waals surface area contributed by atoms with Crippen molar-refractivity contribution < 1.29 is 9.53 Å². The van der Waals surface area contributed by atoms with Gasteiger partial charge in [-0.2, -0.15) is 0 Å². The highest BCUT2D eigenvalue weighted by molar-refractivity contribution is 5.69. The van der Waals surface area contributed by atoms with E-state index in [0.29, 0.717) is 13.1 Å². The lowest BCUT2D eigenvalue weighted by Gasteiger charge is -2.37. The number of benzene rings is 1. The van der Waals surface area contributed by atoms with Gasteiger partial charge in [-0.3, -0.25) is 0 Å². The Bertz CT molecular complexity index is 538. The fourth-order valence-electron chi connectivity index (χ4n) is 2.34. The quantitative estimate of drug-likeness (QED) is 0.854. The van der Waals surface area contributed by atoms with Crippen LogP contribution < -0.4 is 5.73 Å². The van der Waals surface area contributed by atoms with Crippen molar-refractivity contribution in [2.75, 3.05) is 31.9 Å². The lowest BCUT2D eigenvalue weighted by atomic mass is 10.1. The Kier molecular flexibility index (Phi) is 4.64. The third-order valence-electron chi connectivity index (χ3n) is 3.56.